The van der Waals surface area contributed by atoms with Crippen LogP contribution in [-0.4, -0.2) is 16.7 Å². The topological polar surface area (TPSA) is 46.5 Å². The summed E-state index contributed by atoms with van der Waals surface area (Å²) in [6.45, 7) is 7.40. The maximum atomic E-state index is 11.5. The minimum absolute atomic E-state index is 0.0136. The summed E-state index contributed by atoms with van der Waals surface area (Å²) in [4.78, 5) is 11.5. The van der Waals surface area contributed by atoms with Gasteiger partial charge in [-0.25, -0.2) is 0 Å². The van der Waals surface area contributed by atoms with Gasteiger partial charge in [0.15, 0.2) is 0 Å². The maximum Gasteiger partial charge on any atom is 0.309 e. The second-order valence-corrected chi connectivity index (χ2v) is 5.22. The van der Waals surface area contributed by atoms with E-state index in [0.717, 1.165) is 11.1 Å². The van der Waals surface area contributed by atoms with Crippen LogP contribution in [0.25, 0.3) is 0 Å². The van der Waals surface area contributed by atoms with Crippen LogP contribution in [0.1, 0.15) is 44.4 Å². The molecule has 3 heteroatoms. The Morgan fingerprint density at radius 2 is 1.82 bits per heavy atom. The Morgan fingerprint density at radius 3 is 2.29 bits per heavy atom. The van der Waals surface area contributed by atoms with Crippen LogP contribution in [0.15, 0.2) is 24.3 Å². The van der Waals surface area contributed by atoms with Gasteiger partial charge < -0.3 is 9.84 Å². The van der Waals surface area contributed by atoms with Crippen LogP contribution in [0.3, 0.4) is 0 Å². The Balaban J connectivity index is 2.57. The first-order chi connectivity index (χ1) is 7.78. The van der Waals surface area contributed by atoms with Crippen LogP contribution in [0.4, 0.5) is 0 Å². The molecule has 0 saturated carbocycles. The molecule has 0 aliphatic carbocycles. The quantitative estimate of drug-likeness (QED) is 0.821. The van der Waals surface area contributed by atoms with Crippen LogP contribution in [0.5, 0.6) is 0 Å². The first kappa shape index (κ1) is 13.7. The van der Waals surface area contributed by atoms with E-state index < -0.39 is 11.7 Å². The van der Waals surface area contributed by atoms with Crippen molar-refractivity contribution >= 4 is 5.97 Å². The highest BCUT2D eigenvalue weighted by Crippen LogP contribution is 2.19. The number of rotatable bonds is 3. The number of ether oxygens (including phenoxy) is 1. The molecule has 0 heterocycles. The molecule has 1 unspecified atom stereocenters. The summed E-state index contributed by atoms with van der Waals surface area (Å²) in [5.41, 5.74) is 1.35. The van der Waals surface area contributed by atoms with Crippen LogP contribution in [-0.2, 0) is 9.53 Å². The number of esters is 1. The first-order valence-corrected chi connectivity index (χ1v) is 5.74. The Labute approximate surface area is 102 Å². The van der Waals surface area contributed by atoms with Gasteiger partial charge in [0, 0.05) is 0 Å². The Kier molecular flexibility index (Phi) is 4.29. The molecule has 1 rings (SSSR count). The summed E-state index contributed by atoms with van der Waals surface area (Å²) in [5.74, 6) is -0.384. The highest BCUT2D eigenvalue weighted by Gasteiger charge is 2.19. The van der Waals surface area contributed by atoms with Gasteiger partial charge in [-0.1, -0.05) is 29.8 Å². The summed E-state index contributed by atoms with van der Waals surface area (Å²) in [5, 5.41) is 9.88. The first-order valence-electron chi connectivity index (χ1n) is 5.74. The molecule has 0 bridgehead atoms. The molecule has 0 aliphatic rings. The minimum Gasteiger partial charge on any atom is -0.460 e. The minimum atomic E-state index is -0.801. The van der Waals surface area contributed by atoms with Gasteiger partial charge in [0.1, 0.15) is 5.60 Å². The standard InChI is InChI=1S/C14H20O3/c1-10-5-7-11(8-6-10)12(15)9-13(16)17-14(2,3)4/h5-8,12,15H,9H2,1-4H3. The number of carbonyl (C=O) groups excluding carboxylic acids is 1. The zero-order valence-corrected chi connectivity index (χ0v) is 10.9. The van der Waals surface area contributed by atoms with E-state index in [1.165, 1.54) is 0 Å². The average Bonchev–Trinajstić information content (AvgIpc) is 2.15. The van der Waals surface area contributed by atoms with E-state index in [2.05, 4.69) is 0 Å². The lowest BCUT2D eigenvalue weighted by Crippen LogP contribution is -2.24. The van der Waals surface area contributed by atoms with Crippen molar-refractivity contribution in [3.63, 3.8) is 0 Å². The summed E-state index contributed by atoms with van der Waals surface area (Å²) >= 11 is 0. The number of hydrogen-bond donors (Lipinski definition) is 1. The molecule has 0 aliphatic heterocycles. The third-order valence-corrected chi connectivity index (χ3v) is 2.24. The average molecular weight is 236 g/mol. The second kappa shape index (κ2) is 5.32. The van der Waals surface area contributed by atoms with E-state index in [0.29, 0.717) is 0 Å². The fourth-order valence-corrected chi connectivity index (χ4v) is 1.45. The van der Waals surface area contributed by atoms with E-state index in [4.69, 9.17) is 4.74 Å². The van der Waals surface area contributed by atoms with Crippen molar-refractivity contribution in [1.82, 2.24) is 0 Å². The molecule has 3 nitrogen and oxygen atoms in total. The number of aryl methyl sites for hydroxylation is 1. The van der Waals surface area contributed by atoms with E-state index >= 15 is 0 Å². The lowest BCUT2D eigenvalue weighted by atomic mass is 10.1. The van der Waals surface area contributed by atoms with Crippen molar-refractivity contribution in [2.24, 2.45) is 0 Å². The zero-order valence-electron chi connectivity index (χ0n) is 10.9. The van der Waals surface area contributed by atoms with Gasteiger partial charge in [-0.3, -0.25) is 4.79 Å². The monoisotopic (exact) mass is 236 g/mol. The second-order valence-electron chi connectivity index (χ2n) is 5.22. The lowest BCUT2D eigenvalue weighted by molar-refractivity contribution is -0.157. The van der Waals surface area contributed by atoms with Crippen LogP contribution < -0.4 is 0 Å². The number of hydrogen-bond acceptors (Lipinski definition) is 3. The molecule has 0 radical (unpaired) electrons. The molecule has 94 valence electrons. The van der Waals surface area contributed by atoms with Crippen molar-refractivity contribution in [2.45, 2.75) is 45.8 Å². The SMILES string of the molecule is Cc1ccc(C(O)CC(=O)OC(C)(C)C)cc1. The molecule has 0 saturated heterocycles. The molecule has 17 heavy (non-hydrogen) atoms. The van der Waals surface area contributed by atoms with Crippen LogP contribution >= 0.6 is 0 Å². The molecule has 1 N–H and O–H groups in total. The van der Waals surface area contributed by atoms with Gasteiger partial charge in [-0.2, -0.15) is 0 Å². The molecule has 0 spiro atoms. The van der Waals surface area contributed by atoms with Gasteiger partial charge in [0.2, 0.25) is 0 Å². The molecular weight excluding hydrogens is 216 g/mol. The van der Waals surface area contributed by atoms with Crippen molar-refractivity contribution in [2.75, 3.05) is 0 Å². The van der Waals surface area contributed by atoms with E-state index in [1.807, 2.05) is 52.0 Å². The summed E-state index contributed by atoms with van der Waals surface area (Å²) in [7, 11) is 0. The zero-order chi connectivity index (χ0) is 13.1. The van der Waals surface area contributed by atoms with Crippen LogP contribution in [0, 0.1) is 6.92 Å². The fraction of sp³-hybridized carbons (Fsp3) is 0.500. The van der Waals surface area contributed by atoms with Gasteiger partial charge in [0.05, 0.1) is 12.5 Å². The molecule has 0 amide bonds. The van der Waals surface area contributed by atoms with E-state index in [1.54, 1.807) is 0 Å². The molecular formula is C14H20O3. The van der Waals surface area contributed by atoms with Crippen molar-refractivity contribution < 1.29 is 14.6 Å². The Morgan fingerprint density at radius 1 is 1.29 bits per heavy atom. The van der Waals surface area contributed by atoms with Crippen molar-refractivity contribution in [3.05, 3.63) is 35.4 Å². The van der Waals surface area contributed by atoms with Crippen LogP contribution in [0.2, 0.25) is 0 Å². The summed E-state index contributed by atoms with van der Waals surface area (Å²) < 4.78 is 5.15. The number of benzene rings is 1. The van der Waals surface area contributed by atoms with Crippen molar-refractivity contribution in [1.29, 1.82) is 0 Å². The number of aliphatic hydroxyl groups excluding tert-OH is 1. The van der Waals surface area contributed by atoms with E-state index in [9.17, 15) is 9.90 Å². The number of aliphatic hydroxyl groups is 1. The highest BCUT2D eigenvalue weighted by molar-refractivity contribution is 5.70. The highest BCUT2D eigenvalue weighted by atomic mass is 16.6. The molecule has 1 aromatic rings. The summed E-state index contributed by atoms with van der Waals surface area (Å²) in [6, 6.07) is 7.47. The molecule has 1 atom stereocenters. The van der Waals surface area contributed by atoms with Crippen molar-refractivity contribution in [3.8, 4) is 0 Å². The third kappa shape index (κ3) is 5.00. The third-order valence-electron chi connectivity index (χ3n) is 2.24. The molecule has 0 fully saturated rings. The number of carbonyl (C=O) groups is 1. The smallest absolute Gasteiger partial charge is 0.309 e. The Hall–Kier alpha value is -1.35. The lowest BCUT2D eigenvalue weighted by Gasteiger charge is -2.20. The Bertz CT molecular complexity index is 373. The summed E-state index contributed by atoms with van der Waals surface area (Å²) in [6.07, 6.45) is -0.814. The molecule has 1 aromatic carbocycles. The normalized spacial score (nSPS) is 13.2. The largest absolute Gasteiger partial charge is 0.460 e. The predicted octanol–water partition coefficient (Wildman–Crippen LogP) is 2.76. The predicted molar refractivity (Wildman–Crippen MR) is 66.6 cm³/mol. The van der Waals surface area contributed by atoms with Gasteiger partial charge >= 0.3 is 5.97 Å². The van der Waals surface area contributed by atoms with Gasteiger partial charge in [-0.05, 0) is 33.3 Å². The fourth-order valence-electron chi connectivity index (χ4n) is 1.45. The van der Waals surface area contributed by atoms with Gasteiger partial charge in [0.25, 0.3) is 0 Å². The maximum absolute atomic E-state index is 11.5. The van der Waals surface area contributed by atoms with Gasteiger partial charge in [-0.15, -0.1) is 0 Å². The molecule has 0 aromatic heterocycles. The van der Waals surface area contributed by atoms with E-state index in [-0.39, 0.29) is 12.4 Å².